The van der Waals surface area contributed by atoms with Crippen molar-refractivity contribution in [3.8, 4) is 68.2 Å². The molecule has 8 bridgehead atoms. The Balaban J connectivity index is 1.42. The van der Waals surface area contributed by atoms with Gasteiger partial charge in [0.2, 0.25) is 0 Å². The third-order valence-corrected chi connectivity index (χ3v) is 11.8. The lowest BCUT2D eigenvalue weighted by Crippen LogP contribution is -1.91. The van der Waals surface area contributed by atoms with E-state index in [1.54, 1.807) is 6.07 Å². The number of aromatic nitrogens is 4. The number of H-pyrrole nitrogens is 2. The molecule has 0 radical (unpaired) electrons. The predicted molar refractivity (Wildman–Crippen MR) is 272 cm³/mol. The molecule has 2 N–H and O–H groups in total. The third kappa shape index (κ3) is 7.80. The van der Waals surface area contributed by atoms with Crippen molar-refractivity contribution >= 4 is 52.1 Å². The summed E-state index contributed by atoms with van der Waals surface area (Å²) in [6.07, 6.45) is 7.91. The zero-order valence-electron chi connectivity index (χ0n) is 35.9. The average Bonchev–Trinajstić information content (AvgIpc) is 4.21. The number of hydrogen-bond acceptors (Lipinski definition) is 4. The number of aromatic amines is 2. The van der Waals surface area contributed by atoms with E-state index < -0.39 is 0 Å². The number of nitro groups is 1. The van der Waals surface area contributed by atoms with Crippen molar-refractivity contribution in [3.63, 3.8) is 0 Å². The number of nitrogens with zero attached hydrogens (tertiary/aromatic N) is 3. The minimum atomic E-state index is -0.332. The summed E-state index contributed by atoms with van der Waals surface area (Å²) in [5, 5.41) is 13.2. The summed E-state index contributed by atoms with van der Waals surface area (Å²) >= 11 is 0. The Kier molecular flexibility index (Phi) is 10.5. The molecule has 7 heteroatoms. The third-order valence-electron chi connectivity index (χ3n) is 11.8. The topological polar surface area (TPSA) is 100 Å². The lowest BCUT2D eigenvalue weighted by Gasteiger charge is -2.07. The maximum Gasteiger partial charge on any atom is 0.295 e. The van der Waals surface area contributed by atoms with E-state index >= 15 is 0 Å². The number of fused-ring (bicyclic) bond motifs is 8. The van der Waals surface area contributed by atoms with Gasteiger partial charge in [-0.3, -0.25) is 10.1 Å². The summed E-state index contributed by atoms with van der Waals surface area (Å²) in [6, 6.07) is 61.3. The molecule has 6 aromatic carbocycles. The molecular formula is C60H37N5O2. The van der Waals surface area contributed by atoms with Gasteiger partial charge < -0.3 is 9.97 Å². The molecule has 0 fully saturated rings. The molecule has 0 aliphatic carbocycles. The van der Waals surface area contributed by atoms with Crippen LogP contribution in [0.15, 0.2) is 188 Å². The van der Waals surface area contributed by atoms with Gasteiger partial charge in [0.1, 0.15) is 5.52 Å². The zero-order valence-corrected chi connectivity index (χ0v) is 35.9. The number of nitrogens with one attached hydrogen (secondary N) is 2. The number of benzene rings is 6. The molecule has 2 aliphatic rings. The van der Waals surface area contributed by atoms with Crippen LogP contribution in [0.3, 0.4) is 0 Å². The monoisotopic (exact) mass is 859 g/mol. The van der Waals surface area contributed by atoms with Gasteiger partial charge in [-0.2, -0.15) is 0 Å². The highest BCUT2D eigenvalue weighted by Crippen LogP contribution is 2.42. The minimum Gasteiger partial charge on any atom is -0.352 e. The van der Waals surface area contributed by atoms with Gasteiger partial charge in [0.15, 0.2) is 0 Å². The van der Waals surface area contributed by atoms with Gasteiger partial charge in [-0.15, -0.1) is 0 Å². The predicted octanol–water partition coefficient (Wildman–Crippen LogP) is 14.0. The smallest absolute Gasteiger partial charge is 0.295 e. The van der Waals surface area contributed by atoms with Crippen molar-refractivity contribution in [2.75, 3.05) is 0 Å². The van der Waals surface area contributed by atoms with E-state index in [1.165, 1.54) is 0 Å². The average molecular weight is 860 g/mol. The first-order chi connectivity index (χ1) is 33.1. The van der Waals surface area contributed by atoms with E-state index in [0.29, 0.717) is 61.6 Å². The van der Waals surface area contributed by atoms with Crippen molar-refractivity contribution in [2.24, 2.45) is 0 Å². The van der Waals surface area contributed by atoms with Gasteiger partial charge in [0, 0.05) is 39.4 Å². The largest absolute Gasteiger partial charge is 0.352 e. The van der Waals surface area contributed by atoms with Gasteiger partial charge in [0.05, 0.1) is 55.4 Å². The van der Waals surface area contributed by atoms with E-state index in [-0.39, 0.29) is 10.6 Å². The number of rotatable bonds is 5. The van der Waals surface area contributed by atoms with Crippen LogP contribution in [0.1, 0.15) is 45.0 Å². The van der Waals surface area contributed by atoms with Crippen molar-refractivity contribution < 1.29 is 4.92 Å². The van der Waals surface area contributed by atoms with Crippen LogP contribution in [0.2, 0.25) is 0 Å². The van der Waals surface area contributed by atoms with Crippen LogP contribution in [0, 0.1) is 33.8 Å². The number of hydrogen-bond donors (Lipinski definition) is 2. The fourth-order valence-electron chi connectivity index (χ4n) is 8.75. The maximum atomic E-state index is 13.2. The van der Waals surface area contributed by atoms with Gasteiger partial charge in [-0.1, -0.05) is 181 Å². The second kappa shape index (κ2) is 17.5. The first kappa shape index (κ1) is 40.2. The van der Waals surface area contributed by atoms with Crippen LogP contribution in [-0.4, -0.2) is 24.9 Å². The van der Waals surface area contributed by atoms with Gasteiger partial charge in [0.25, 0.3) is 5.69 Å². The first-order valence-corrected chi connectivity index (χ1v) is 21.8. The van der Waals surface area contributed by atoms with Crippen LogP contribution >= 0.6 is 0 Å². The highest BCUT2D eigenvalue weighted by Gasteiger charge is 2.26. The quantitative estimate of drug-likeness (QED) is 0.102. The van der Waals surface area contributed by atoms with Crippen LogP contribution in [0.5, 0.6) is 0 Å². The van der Waals surface area contributed by atoms with Crippen LogP contribution < -0.4 is 0 Å². The second-order valence-electron chi connectivity index (χ2n) is 16.0. The van der Waals surface area contributed by atoms with E-state index in [2.05, 4.69) is 57.9 Å². The molecule has 0 amide bonds. The molecule has 3 aromatic heterocycles. The molecule has 11 rings (SSSR count). The Morgan fingerprint density at radius 1 is 0.388 bits per heavy atom. The van der Waals surface area contributed by atoms with Crippen molar-refractivity contribution in [2.45, 2.75) is 0 Å². The SMILES string of the molecule is O=[N+]([O-])c1cc2[nH]c1c(-c1ccccc1)c1nc(c(-c3ccccc3)c3[nH]c(c(C#Cc4ccccc4)c3C#Cc3ccccc3)c(-c3ccccc3)c3nc(c2-c2ccccc2)C=C3)C=C1. The maximum absolute atomic E-state index is 13.2. The standard InChI is InChI=1S/C60H37N5O2/c66-65(67)53-39-52-54(42-23-11-3-12-24-42)48-35-36-49(61-48)55(43-25-13-4-14-26-43)58-46(33-31-40-19-7-1-8-20-40)47(34-32-41-21-9-2-10-22-41)59(64-58)56(44-27-15-5-16-28-44)50-37-38-51(62-50)57(60(53)63-52)45-29-17-6-18-30-45/h1-30,35-39,63-64H. The van der Waals surface area contributed by atoms with Crippen LogP contribution in [-0.2, 0) is 0 Å². The van der Waals surface area contributed by atoms with E-state index in [1.807, 2.05) is 182 Å². The Bertz CT molecular complexity index is 3740. The molecule has 0 saturated heterocycles. The molecule has 0 atom stereocenters. The fraction of sp³-hybridized carbons (Fsp3) is 0. The molecule has 2 aliphatic heterocycles. The summed E-state index contributed by atoms with van der Waals surface area (Å²) in [4.78, 5) is 31.3. The Morgan fingerprint density at radius 3 is 1.09 bits per heavy atom. The van der Waals surface area contributed by atoms with Crippen molar-refractivity contribution in [1.29, 1.82) is 0 Å². The summed E-state index contributed by atoms with van der Waals surface area (Å²) in [6.45, 7) is 0. The van der Waals surface area contributed by atoms with Crippen LogP contribution in [0.25, 0.3) is 90.9 Å². The molecular weight excluding hydrogens is 823 g/mol. The summed E-state index contributed by atoms with van der Waals surface area (Å²) in [7, 11) is 0. The van der Waals surface area contributed by atoms with Crippen molar-refractivity contribution in [1.82, 2.24) is 19.9 Å². The Hall–Kier alpha value is -9.56. The molecule has 0 spiro atoms. The molecule has 0 saturated carbocycles. The Morgan fingerprint density at radius 2 is 0.716 bits per heavy atom. The second-order valence-corrected chi connectivity index (χ2v) is 16.0. The first-order valence-electron chi connectivity index (χ1n) is 21.8. The normalized spacial score (nSPS) is 11.3. The summed E-state index contributed by atoms with van der Waals surface area (Å²) < 4.78 is 0. The van der Waals surface area contributed by atoms with E-state index in [9.17, 15) is 10.1 Å². The molecule has 67 heavy (non-hydrogen) atoms. The van der Waals surface area contributed by atoms with Gasteiger partial charge in [-0.05, 0) is 70.8 Å². The highest BCUT2D eigenvalue weighted by atomic mass is 16.6. The molecule has 5 heterocycles. The van der Waals surface area contributed by atoms with Crippen molar-refractivity contribution in [3.05, 3.63) is 243 Å². The van der Waals surface area contributed by atoms with Gasteiger partial charge >= 0.3 is 0 Å². The fourth-order valence-corrected chi connectivity index (χ4v) is 8.75. The summed E-state index contributed by atoms with van der Waals surface area (Å²) in [5.74, 6) is 14.2. The zero-order chi connectivity index (χ0) is 45.1. The highest BCUT2D eigenvalue weighted by molar-refractivity contribution is 6.04. The molecule has 314 valence electrons. The molecule has 0 unspecified atom stereocenters. The molecule has 7 nitrogen and oxygen atoms in total. The van der Waals surface area contributed by atoms with E-state index in [4.69, 9.17) is 9.97 Å². The van der Waals surface area contributed by atoms with Crippen LogP contribution in [0.4, 0.5) is 5.69 Å². The lowest BCUT2D eigenvalue weighted by molar-refractivity contribution is -0.382. The summed E-state index contributed by atoms with van der Waals surface area (Å²) in [5.41, 5.74) is 14.1. The molecule has 9 aromatic rings. The lowest BCUT2D eigenvalue weighted by atomic mass is 9.98. The van der Waals surface area contributed by atoms with E-state index in [0.717, 1.165) is 50.0 Å². The van der Waals surface area contributed by atoms with Gasteiger partial charge in [-0.25, -0.2) is 9.97 Å². The minimum absolute atomic E-state index is 0.0829. The Labute approximate surface area is 386 Å².